The zero-order chi connectivity index (χ0) is 18.8. The minimum atomic E-state index is -0.566. The van der Waals surface area contributed by atoms with Crippen molar-refractivity contribution in [2.75, 3.05) is 11.5 Å². The van der Waals surface area contributed by atoms with E-state index in [1.165, 1.54) is 18.2 Å². The van der Waals surface area contributed by atoms with Crippen molar-refractivity contribution in [1.82, 2.24) is 5.32 Å². The molecule has 1 aliphatic heterocycles. The SMILES string of the molecule is CCOc1cc(/C=C2/NC(=O)N(c3cccc(Cl)c3)C2=O)c(Br)cc1O. The number of amides is 3. The van der Waals surface area contributed by atoms with Crippen LogP contribution in [0.4, 0.5) is 10.5 Å². The molecule has 26 heavy (non-hydrogen) atoms. The Morgan fingerprint density at radius 2 is 2.08 bits per heavy atom. The lowest BCUT2D eigenvalue weighted by atomic mass is 10.1. The van der Waals surface area contributed by atoms with Crippen LogP contribution in [0, 0.1) is 0 Å². The van der Waals surface area contributed by atoms with Crippen LogP contribution in [0.3, 0.4) is 0 Å². The number of benzene rings is 2. The summed E-state index contributed by atoms with van der Waals surface area (Å²) < 4.78 is 5.90. The van der Waals surface area contributed by atoms with E-state index in [2.05, 4.69) is 21.2 Å². The van der Waals surface area contributed by atoms with E-state index in [0.29, 0.717) is 27.4 Å². The molecule has 8 heteroatoms. The standard InChI is InChI=1S/C18H14BrClN2O4/c1-2-26-16-7-10(13(19)9-15(16)23)6-14-17(24)22(18(25)21-14)12-5-3-4-11(20)8-12/h3-9,23H,2H2,1H3,(H,21,25)/b14-6+. The molecule has 2 N–H and O–H groups in total. The Kier molecular flexibility index (Phi) is 5.20. The number of carbonyl (C=O) groups is 2. The van der Waals surface area contributed by atoms with Crippen LogP contribution in [-0.2, 0) is 4.79 Å². The summed E-state index contributed by atoms with van der Waals surface area (Å²) in [6.07, 6.45) is 1.51. The highest BCUT2D eigenvalue weighted by atomic mass is 79.9. The molecular weight excluding hydrogens is 424 g/mol. The summed E-state index contributed by atoms with van der Waals surface area (Å²) in [5.41, 5.74) is 1.05. The number of nitrogens with one attached hydrogen (secondary N) is 1. The number of hydrogen-bond donors (Lipinski definition) is 2. The molecule has 6 nitrogen and oxygen atoms in total. The van der Waals surface area contributed by atoms with Crippen molar-refractivity contribution in [1.29, 1.82) is 0 Å². The van der Waals surface area contributed by atoms with Crippen LogP contribution in [-0.4, -0.2) is 23.7 Å². The van der Waals surface area contributed by atoms with E-state index in [4.69, 9.17) is 16.3 Å². The van der Waals surface area contributed by atoms with E-state index in [0.717, 1.165) is 4.90 Å². The van der Waals surface area contributed by atoms with Gasteiger partial charge in [0.1, 0.15) is 5.70 Å². The lowest BCUT2D eigenvalue weighted by Crippen LogP contribution is -2.30. The zero-order valence-corrected chi connectivity index (χ0v) is 16.0. The van der Waals surface area contributed by atoms with Crippen LogP contribution in [0.15, 0.2) is 46.6 Å². The highest BCUT2D eigenvalue weighted by Gasteiger charge is 2.35. The van der Waals surface area contributed by atoms with Crippen molar-refractivity contribution in [3.05, 3.63) is 57.2 Å². The number of carbonyl (C=O) groups excluding carboxylic acids is 2. The molecular formula is C18H14BrClN2O4. The van der Waals surface area contributed by atoms with Gasteiger partial charge in [0.05, 0.1) is 12.3 Å². The van der Waals surface area contributed by atoms with Crippen LogP contribution in [0.1, 0.15) is 12.5 Å². The van der Waals surface area contributed by atoms with Crippen molar-refractivity contribution in [2.24, 2.45) is 0 Å². The highest BCUT2D eigenvalue weighted by molar-refractivity contribution is 9.10. The number of ether oxygens (including phenoxy) is 1. The fraction of sp³-hybridized carbons (Fsp3) is 0.111. The zero-order valence-electron chi connectivity index (χ0n) is 13.6. The van der Waals surface area contributed by atoms with Crippen LogP contribution in [0.5, 0.6) is 11.5 Å². The van der Waals surface area contributed by atoms with Crippen LogP contribution in [0.25, 0.3) is 6.08 Å². The average molecular weight is 438 g/mol. The van der Waals surface area contributed by atoms with Crippen LogP contribution < -0.4 is 15.0 Å². The van der Waals surface area contributed by atoms with Crippen molar-refractivity contribution >= 4 is 51.2 Å². The molecule has 1 heterocycles. The number of imide groups is 1. The van der Waals surface area contributed by atoms with Crippen molar-refractivity contribution in [3.63, 3.8) is 0 Å². The monoisotopic (exact) mass is 436 g/mol. The summed E-state index contributed by atoms with van der Waals surface area (Å²) in [4.78, 5) is 25.9. The van der Waals surface area contributed by atoms with Gasteiger partial charge in [0.15, 0.2) is 11.5 Å². The largest absolute Gasteiger partial charge is 0.504 e. The molecule has 1 aliphatic rings. The molecule has 0 saturated carbocycles. The summed E-state index contributed by atoms with van der Waals surface area (Å²) in [5.74, 6) is -0.246. The van der Waals surface area contributed by atoms with Gasteiger partial charge in [0, 0.05) is 9.50 Å². The second-order valence-electron chi connectivity index (χ2n) is 5.38. The molecule has 0 unspecified atom stereocenters. The van der Waals surface area contributed by atoms with E-state index in [9.17, 15) is 14.7 Å². The number of anilines is 1. The van der Waals surface area contributed by atoms with E-state index in [1.807, 2.05) is 0 Å². The maximum absolute atomic E-state index is 12.7. The second kappa shape index (κ2) is 7.39. The predicted octanol–water partition coefficient (Wildman–Crippen LogP) is 4.30. The van der Waals surface area contributed by atoms with E-state index >= 15 is 0 Å². The summed E-state index contributed by atoms with van der Waals surface area (Å²) in [6, 6.07) is 8.95. The average Bonchev–Trinajstić information content (AvgIpc) is 2.86. The number of aromatic hydroxyl groups is 1. The molecule has 3 amide bonds. The van der Waals surface area contributed by atoms with E-state index in [1.54, 1.807) is 31.2 Å². The van der Waals surface area contributed by atoms with Gasteiger partial charge in [0.25, 0.3) is 5.91 Å². The second-order valence-corrected chi connectivity index (χ2v) is 6.67. The van der Waals surface area contributed by atoms with E-state index < -0.39 is 11.9 Å². The van der Waals surface area contributed by atoms with Gasteiger partial charge in [-0.15, -0.1) is 0 Å². The first-order valence-corrected chi connectivity index (χ1v) is 8.85. The van der Waals surface area contributed by atoms with Gasteiger partial charge in [-0.1, -0.05) is 33.6 Å². The van der Waals surface area contributed by atoms with Crippen LogP contribution >= 0.6 is 27.5 Å². The quantitative estimate of drug-likeness (QED) is 0.552. The Hall–Kier alpha value is -2.51. The first-order valence-electron chi connectivity index (χ1n) is 7.68. The Labute approximate surface area is 163 Å². The summed E-state index contributed by atoms with van der Waals surface area (Å²) in [5, 5.41) is 12.8. The highest BCUT2D eigenvalue weighted by Crippen LogP contribution is 2.34. The third-order valence-electron chi connectivity index (χ3n) is 3.62. The Morgan fingerprint density at radius 3 is 2.77 bits per heavy atom. The molecule has 0 bridgehead atoms. The molecule has 2 aromatic rings. The van der Waals surface area contributed by atoms with E-state index in [-0.39, 0.29) is 17.2 Å². The Morgan fingerprint density at radius 1 is 1.31 bits per heavy atom. The topological polar surface area (TPSA) is 78.9 Å². The lowest BCUT2D eigenvalue weighted by Gasteiger charge is -2.11. The number of rotatable bonds is 4. The fourth-order valence-corrected chi connectivity index (χ4v) is 3.11. The van der Waals surface area contributed by atoms with Gasteiger partial charge in [-0.3, -0.25) is 4.79 Å². The van der Waals surface area contributed by atoms with Crippen molar-refractivity contribution < 1.29 is 19.4 Å². The van der Waals surface area contributed by atoms with Crippen LogP contribution in [0.2, 0.25) is 5.02 Å². The number of phenolic OH excluding ortho intramolecular Hbond substituents is 1. The van der Waals surface area contributed by atoms with Gasteiger partial charge in [-0.05, 0) is 48.9 Å². The molecule has 134 valence electrons. The van der Waals surface area contributed by atoms with Gasteiger partial charge in [0.2, 0.25) is 0 Å². The predicted molar refractivity (Wildman–Crippen MR) is 102 cm³/mol. The minimum absolute atomic E-state index is 0.0248. The molecule has 0 atom stereocenters. The summed E-state index contributed by atoms with van der Waals surface area (Å²) >= 11 is 9.27. The minimum Gasteiger partial charge on any atom is -0.504 e. The van der Waals surface area contributed by atoms with Crippen molar-refractivity contribution in [3.8, 4) is 11.5 Å². The lowest BCUT2D eigenvalue weighted by molar-refractivity contribution is -0.113. The smallest absolute Gasteiger partial charge is 0.333 e. The maximum atomic E-state index is 12.7. The Bertz CT molecular complexity index is 929. The third kappa shape index (κ3) is 3.54. The molecule has 3 rings (SSSR count). The molecule has 0 radical (unpaired) electrons. The number of hydrogen-bond acceptors (Lipinski definition) is 4. The van der Waals surface area contributed by atoms with Crippen molar-refractivity contribution in [2.45, 2.75) is 6.92 Å². The third-order valence-corrected chi connectivity index (χ3v) is 4.54. The van der Waals surface area contributed by atoms with Gasteiger partial charge in [-0.25, -0.2) is 9.69 Å². The fourth-order valence-electron chi connectivity index (χ4n) is 2.48. The summed E-state index contributed by atoms with van der Waals surface area (Å²) in [7, 11) is 0. The number of halogens is 2. The molecule has 2 aromatic carbocycles. The number of phenols is 1. The molecule has 1 saturated heterocycles. The number of urea groups is 1. The van der Waals surface area contributed by atoms with Gasteiger partial charge < -0.3 is 15.2 Å². The van der Waals surface area contributed by atoms with Gasteiger partial charge in [-0.2, -0.15) is 0 Å². The summed E-state index contributed by atoms with van der Waals surface area (Å²) in [6.45, 7) is 2.17. The molecule has 0 aromatic heterocycles. The molecule has 0 aliphatic carbocycles. The normalized spacial score (nSPS) is 15.5. The molecule has 1 fully saturated rings. The Balaban J connectivity index is 1.97. The molecule has 0 spiro atoms. The maximum Gasteiger partial charge on any atom is 0.333 e. The first kappa shape index (κ1) is 18.3. The van der Waals surface area contributed by atoms with Gasteiger partial charge >= 0.3 is 6.03 Å². The first-order chi connectivity index (χ1) is 12.4. The number of nitrogens with zero attached hydrogens (tertiary/aromatic N) is 1.